The maximum Gasteiger partial charge on any atom is 0.219 e. The molecule has 4 heteroatoms. The summed E-state index contributed by atoms with van der Waals surface area (Å²) in [7, 11) is 0. The van der Waals surface area contributed by atoms with Crippen molar-refractivity contribution in [1.82, 2.24) is 0 Å². The van der Waals surface area contributed by atoms with E-state index < -0.39 is 0 Å². The zero-order valence-electron chi connectivity index (χ0n) is 9.04. The lowest BCUT2D eigenvalue weighted by molar-refractivity contribution is -0.502. The molecule has 17 heavy (non-hydrogen) atoms. The van der Waals surface area contributed by atoms with Gasteiger partial charge in [0.2, 0.25) is 11.8 Å². The van der Waals surface area contributed by atoms with Gasteiger partial charge >= 0.3 is 0 Å². The summed E-state index contributed by atoms with van der Waals surface area (Å²) >= 11 is 1.78. The number of Topliss-reactive ketones (excluding diaryl/α,β-unsaturated/α-hetero) is 1. The largest absolute Gasteiger partial charge is 0.500 e. The highest BCUT2D eigenvalue weighted by Crippen LogP contribution is 2.59. The first-order valence-electron chi connectivity index (χ1n) is 5.73. The predicted octanol–water partition coefficient (Wildman–Crippen LogP) is 2.17. The molecule has 1 aromatic rings. The van der Waals surface area contributed by atoms with E-state index in [1.807, 2.05) is 18.2 Å². The summed E-state index contributed by atoms with van der Waals surface area (Å²) in [6.45, 7) is 0. The van der Waals surface area contributed by atoms with Gasteiger partial charge in [-0.15, -0.1) is 11.8 Å². The number of hydrogen-bond acceptors (Lipinski definition) is 2. The number of allylic oxidation sites excluding steroid dienone is 2. The summed E-state index contributed by atoms with van der Waals surface area (Å²) in [6, 6.07) is 9.93. The summed E-state index contributed by atoms with van der Waals surface area (Å²) in [5, 5.41) is 0.279. The van der Waals surface area contributed by atoms with Gasteiger partial charge in [0.15, 0.2) is 5.70 Å². The molecule has 4 aliphatic rings. The summed E-state index contributed by atoms with van der Waals surface area (Å²) in [5.41, 5.74) is 12.0. The van der Waals surface area contributed by atoms with Crippen molar-refractivity contribution in [1.29, 1.82) is 0 Å². The van der Waals surface area contributed by atoms with Crippen LogP contribution < -0.4 is 0 Å². The lowest BCUT2D eigenvalue weighted by Gasteiger charge is -2.25. The summed E-state index contributed by atoms with van der Waals surface area (Å²) in [5.74, 6) is 0.178. The van der Waals surface area contributed by atoms with Gasteiger partial charge in [0.1, 0.15) is 5.92 Å². The molecule has 1 saturated carbocycles. The van der Waals surface area contributed by atoms with Crippen molar-refractivity contribution in [3.63, 3.8) is 0 Å². The van der Waals surface area contributed by atoms with Crippen LogP contribution in [0.3, 0.4) is 0 Å². The number of ketones is 1. The average molecular weight is 242 g/mol. The van der Waals surface area contributed by atoms with Gasteiger partial charge in [-0.2, -0.15) is 0 Å². The van der Waals surface area contributed by atoms with Gasteiger partial charge < -0.3 is 5.53 Å². The van der Waals surface area contributed by atoms with Gasteiger partial charge in [-0.05, 0) is 5.56 Å². The second-order valence-electron chi connectivity index (χ2n) is 4.72. The van der Waals surface area contributed by atoms with E-state index in [2.05, 4.69) is 12.1 Å². The second-order valence-corrected chi connectivity index (χ2v) is 6.00. The van der Waals surface area contributed by atoms with Crippen LogP contribution in [-0.4, -0.2) is 21.8 Å². The maximum absolute atomic E-state index is 11.6. The third-order valence-corrected chi connectivity index (χ3v) is 5.25. The van der Waals surface area contributed by atoms with Crippen LogP contribution in [0.25, 0.3) is 5.53 Å². The Morgan fingerprint density at radius 1 is 1.29 bits per heavy atom. The topological polar surface area (TPSA) is 42.4 Å². The zero-order valence-corrected chi connectivity index (χ0v) is 9.85. The molecule has 3 nitrogen and oxygen atoms in total. The molecular formula is C13H10N2OS. The standard InChI is InChI=1S/C13H10N2OS/c14-15-10-8(6-7-4-2-1-3-5-7)17-13-9(10)12(16)11(13)15/h1-5,9,11,13H,6H2/t9-,11?,13?/m1/s1. The van der Waals surface area contributed by atoms with Crippen LogP contribution in [0, 0.1) is 5.92 Å². The highest BCUT2D eigenvalue weighted by Gasteiger charge is 2.71. The Bertz CT molecular complexity index is 578. The molecule has 1 aliphatic carbocycles. The minimum Gasteiger partial charge on any atom is -0.500 e. The third kappa shape index (κ3) is 1.06. The first-order chi connectivity index (χ1) is 8.27. The Hall–Kier alpha value is -1.42. The molecule has 0 amide bonds. The molecule has 2 saturated heterocycles. The Balaban J connectivity index is 1.71. The molecule has 3 fully saturated rings. The lowest BCUT2D eigenvalue weighted by atomic mass is 9.82. The highest BCUT2D eigenvalue weighted by atomic mass is 32.2. The fourth-order valence-corrected chi connectivity index (χ4v) is 4.68. The number of nitrogens with zero attached hydrogens (tertiary/aromatic N) is 2. The molecule has 2 unspecified atom stereocenters. The van der Waals surface area contributed by atoms with Crippen LogP contribution in [0.2, 0.25) is 0 Å². The molecule has 0 N–H and O–H groups in total. The first kappa shape index (κ1) is 9.59. The summed E-state index contributed by atoms with van der Waals surface area (Å²) in [6.07, 6.45) is 0.824. The monoisotopic (exact) mass is 242 g/mol. The Kier molecular flexibility index (Phi) is 1.73. The van der Waals surface area contributed by atoms with Crippen molar-refractivity contribution in [3.8, 4) is 0 Å². The van der Waals surface area contributed by atoms with Crippen molar-refractivity contribution in [3.05, 3.63) is 52.0 Å². The van der Waals surface area contributed by atoms with Crippen LogP contribution in [0.1, 0.15) is 5.56 Å². The van der Waals surface area contributed by atoms with E-state index in [1.54, 1.807) is 11.8 Å². The minimum absolute atomic E-state index is 0.0197. The quantitative estimate of drug-likeness (QED) is 0.746. The molecule has 3 aliphatic heterocycles. The first-order valence-corrected chi connectivity index (χ1v) is 6.61. The van der Waals surface area contributed by atoms with Crippen LogP contribution in [0.4, 0.5) is 0 Å². The van der Waals surface area contributed by atoms with Gasteiger partial charge in [0.05, 0.1) is 10.2 Å². The molecular weight excluding hydrogens is 232 g/mol. The van der Waals surface area contributed by atoms with Crippen LogP contribution in [-0.2, 0) is 11.2 Å². The zero-order chi connectivity index (χ0) is 11.6. The lowest BCUT2D eigenvalue weighted by Crippen LogP contribution is -2.48. The van der Waals surface area contributed by atoms with Crippen molar-refractivity contribution in [2.45, 2.75) is 17.7 Å². The molecule has 0 radical (unpaired) electrons. The number of rotatable bonds is 2. The second kappa shape index (κ2) is 3.07. The molecule has 0 aromatic heterocycles. The molecule has 0 spiro atoms. The van der Waals surface area contributed by atoms with Gasteiger partial charge in [-0.3, -0.25) is 9.49 Å². The molecule has 5 rings (SSSR count). The number of carbonyl (C=O) groups excluding carboxylic acids is 1. The average Bonchev–Trinajstić information content (AvgIpc) is 2.89. The van der Waals surface area contributed by atoms with Gasteiger partial charge in [0, 0.05) is 6.42 Å². The maximum atomic E-state index is 11.6. The Labute approximate surface area is 103 Å². The fourth-order valence-electron chi connectivity index (χ4n) is 2.99. The Morgan fingerprint density at radius 3 is 2.71 bits per heavy atom. The van der Waals surface area contributed by atoms with Gasteiger partial charge in [-0.25, -0.2) is 0 Å². The highest BCUT2D eigenvalue weighted by molar-refractivity contribution is 8.04. The fraction of sp³-hybridized carbons (Fsp3) is 0.308. The van der Waals surface area contributed by atoms with Crippen molar-refractivity contribution < 1.29 is 9.49 Å². The SMILES string of the molecule is [N-]=[N+]1C2=C(Cc3ccccc3)SC3C1C(=O)[C@@H]23. The molecule has 84 valence electrons. The van der Waals surface area contributed by atoms with Crippen LogP contribution in [0.15, 0.2) is 40.9 Å². The minimum atomic E-state index is -0.250. The molecule has 3 heterocycles. The summed E-state index contributed by atoms with van der Waals surface area (Å²) < 4.78 is 1.21. The molecule has 3 atom stereocenters. The van der Waals surface area contributed by atoms with Crippen molar-refractivity contribution >= 4 is 17.5 Å². The smallest absolute Gasteiger partial charge is 0.219 e. The number of hydrogen-bond donors (Lipinski definition) is 0. The van der Waals surface area contributed by atoms with E-state index in [-0.39, 0.29) is 23.0 Å². The van der Waals surface area contributed by atoms with Crippen LogP contribution >= 0.6 is 11.8 Å². The number of carbonyl (C=O) groups is 1. The third-order valence-electron chi connectivity index (χ3n) is 3.81. The van der Waals surface area contributed by atoms with E-state index in [0.717, 1.165) is 17.0 Å². The van der Waals surface area contributed by atoms with E-state index in [0.29, 0.717) is 0 Å². The van der Waals surface area contributed by atoms with E-state index in [9.17, 15) is 10.3 Å². The van der Waals surface area contributed by atoms with E-state index in [4.69, 9.17) is 0 Å². The van der Waals surface area contributed by atoms with E-state index in [1.165, 1.54) is 10.3 Å². The number of thioether (sulfide) groups is 1. The predicted molar refractivity (Wildman–Crippen MR) is 64.5 cm³/mol. The molecule has 4 bridgehead atoms. The normalized spacial score (nSPS) is 33.3. The van der Waals surface area contributed by atoms with Crippen molar-refractivity contribution in [2.75, 3.05) is 0 Å². The Morgan fingerprint density at radius 2 is 2.06 bits per heavy atom. The van der Waals surface area contributed by atoms with E-state index >= 15 is 0 Å². The van der Waals surface area contributed by atoms with Gasteiger partial charge in [0.25, 0.3) is 0 Å². The van der Waals surface area contributed by atoms with Gasteiger partial charge in [-0.1, -0.05) is 30.3 Å². The van der Waals surface area contributed by atoms with Crippen LogP contribution in [0.5, 0.6) is 0 Å². The number of benzene rings is 1. The summed E-state index contributed by atoms with van der Waals surface area (Å²) in [4.78, 5) is 12.8. The molecule has 1 aromatic carbocycles. The van der Waals surface area contributed by atoms with Crippen molar-refractivity contribution in [2.24, 2.45) is 5.92 Å².